The van der Waals surface area contributed by atoms with Gasteiger partial charge in [-0.05, 0) is 38.5 Å². The largest absolute Gasteiger partial charge is 0.492 e. The maximum Gasteiger partial charge on any atom is 0.219 e. The minimum atomic E-state index is -0.106. The highest BCUT2D eigenvalue weighted by Crippen LogP contribution is 2.25. The number of ether oxygens (including phenoxy) is 1. The molecule has 0 aliphatic carbocycles. The van der Waals surface area contributed by atoms with Crippen LogP contribution in [0.15, 0.2) is 18.2 Å². The van der Waals surface area contributed by atoms with Crippen LogP contribution in [0.4, 0.5) is 0 Å². The molecule has 0 saturated heterocycles. The number of nitrogens with one attached hydrogen (secondary N) is 5. The van der Waals surface area contributed by atoms with Crippen LogP contribution in [0.1, 0.15) is 25.8 Å². The summed E-state index contributed by atoms with van der Waals surface area (Å²) in [5.74, 6) is 0.580. The van der Waals surface area contributed by atoms with Gasteiger partial charge in [0.1, 0.15) is 5.75 Å². The summed E-state index contributed by atoms with van der Waals surface area (Å²) in [6, 6.07) is 5.74. The Bertz CT molecular complexity index is 537. The fraction of sp³-hybridized carbons (Fsp3) is 0.467. The van der Waals surface area contributed by atoms with Gasteiger partial charge < -0.3 is 10.1 Å². The Kier molecular flexibility index (Phi) is 8.21. The van der Waals surface area contributed by atoms with Crippen molar-refractivity contribution in [3.63, 3.8) is 0 Å². The van der Waals surface area contributed by atoms with Gasteiger partial charge in [0.2, 0.25) is 5.96 Å². The average molecular weight is 342 g/mol. The maximum absolute atomic E-state index is 7.55. The number of halogens is 1. The van der Waals surface area contributed by atoms with Gasteiger partial charge in [0.15, 0.2) is 5.96 Å². The highest BCUT2D eigenvalue weighted by Gasteiger charge is 2.03. The number of hydrogen-bond donors (Lipinski definition) is 5. The smallest absolute Gasteiger partial charge is 0.219 e. The molecule has 0 saturated carbocycles. The van der Waals surface area contributed by atoms with E-state index >= 15 is 0 Å². The molecule has 1 aromatic rings. The number of guanidine groups is 2. The first-order chi connectivity index (χ1) is 10.9. The van der Waals surface area contributed by atoms with Crippen molar-refractivity contribution in [1.82, 2.24) is 16.1 Å². The third-order valence-corrected chi connectivity index (χ3v) is 2.89. The normalized spacial score (nSPS) is 10.3. The minimum absolute atomic E-state index is 0.0402. The summed E-state index contributed by atoms with van der Waals surface area (Å²) in [4.78, 5) is 5.11. The fourth-order valence-corrected chi connectivity index (χ4v) is 1.92. The molecule has 0 radical (unpaired) electrons. The number of hydroxylamine groups is 1. The van der Waals surface area contributed by atoms with Gasteiger partial charge >= 0.3 is 0 Å². The molecule has 0 bridgehead atoms. The van der Waals surface area contributed by atoms with E-state index < -0.39 is 0 Å². The summed E-state index contributed by atoms with van der Waals surface area (Å²) < 4.78 is 5.55. The maximum atomic E-state index is 7.55. The van der Waals surface area contributed by atoms with Crippen molar-refractivity contribution in [2.24, 2.45) is 0 Å². The first-order valence-electron chi connectivity index (χ1n) is 7.36. The molecule has 0 amide bonds. The molecule has 0 heterocycles. The molecular weight excluding hydrogens is 318 g/mol. The molecular formula is C15H24ClN5O2. The van der Waals surface area contributed by atoms with Crippen LogP contribution >= 0.6 is 11.6 Å². The van der Waals surface area contributed by atoms with E-state index in [0.717, 1.165) is 5.56 Å². The highest BCUT2D eigenvalue weighted by molar-refractivity contribution is 6.32. The predicted octanol–water partition coefficient (Wildman–Crippen LogP) is 2.40. The minimum Gasteiger partial charge on any atom is -0.492 e. The zero-order valence-electron chi connectivity index (χ0n) is 13.6. The predicted molar refractivity (Wildman–Crippen MR) is 92.2 cm³/mol. The summed E-state index contributed by atoms with van der Waals surface area (Å²) in [6.45, 7) is 6.59. The lowest BCUT2D eigenvalue weighted by Crippen LogP contribution is -2.47. The Balaban J connectivity index is 2.11. The lowest BCUT2D eigenvalue weighted by atomic mass is 10.2. The molecule has 0 unspecified atom stereocenters. The van der Waals surface area contributed by atoms with Gasteiger partial charge in [-0.2, -0.15) is 0 Å². The van der Waals surface area contributed by atoms with E-state index in [-0.39, 0.29) is 18.0 Å². The zero-order chi connectivity index (χ0) is 17.2. The Morgan fingerprint density at radius 3 is 2.61 bits per heavy atom. The van der Waals surface area contributed by atoms with E-state index in [4.69, 9.17) is 32.0 Å². The van der Waals surface area contributed by atoms with Crippen LogP contribution in [0.2, 0.25) is 5.02 Å². The second-order valence-electron chi connectivity index (χ2n) is 5.26. The van der Waals surface area contributed by atoms with Gasteiger partial charge in [-0.15, -0.1) is 0 Å². The molecule has 0 atom stereocenters. The SMILES string of the molecule is Cc1ccc(OCCCONC(=N)NC(=N)NC(C)C)c(Cl)c1. The van der Waals surface area contributed by atoms with E-state index in [0.29, 0.717) is 30.4 Å². The van der Waals surface area contributed by atoms with Gasteiger partial charge in [0, 0.05) is 12.5 Å². The topological polar surface area (TPSA) is 102 Å². The second-order valence-corrected chi connectivity index (χ2v) is 5.67. The van der Waals surface area contributed by atoms with Crippen LogP contribution < -0.4 is 20.9 Å². The van der Waals surface area contributed by atoms with Gasteiger partial charge in [0.05, 0.1) is 18.2 Å². The summed E-state index contributed by atoms with van der Waals surface area (Å²) in [5, 5.41) is 21.0. The number of hydrogen-bond acceptors (Lipinski definition) is 4. The Morgan fingerprint density at radius 2 is 1.96 bits per heavy atom. The summed E-state index contributed by atoms with van der Waals surface area (Å²) in [6.07, 6.45) is 0.631. The first-order valence-corrected chi connectivity index (χ1v) is 7.73. The number of benzene rings is 1. The molecule has 0 fully saturated rings. The second kappa shape index (κ2) is 9.91. The van der Waals surface area contributed by atoms with Gasteiger partial charge in [-0.3, -0.25) is 21.0 Å². The monoisotopic (exact) mass is 341 g/mol. The van der Waals surface area contributed by atoms with E-state index in [9.17, 15) is 0 Å². The highest BCUT2D eigenvalue weighted by atomic mass is 35.5. The van der Waals surface area contributed by atoms with Gasteiger partial charge in [-0.25, -0.2) is 5.48 Å². The third-order valence-electron chi connectivity index (χ3n) is 2.59. The van der Waals surface area contributed by atoms with E-state index in [1.807, 2.05) is 39.0 Å². The molecule has 0 spiro atoms. The third kappa shape index (κ3) is 8.27. The van der Waals surface area contributed by atoms with Crippen LogP contribution in [0.25, 0.3) is 0 Å². The van der Waals surface area contributed by atoms with Crippen molar-refractivity contribution in [3.8, 4) is 5.75 Å². The van der Waals surface area contributed by atoms with Gasteiger partial charge in [-0.1, -0.05) is 17.7 Å². The lowest BCUT2D eigenvalue weighted by molar-refractivity contribution is 0.0725. The molecule has 1 rings (SSSR count). The van der Waals surface area contributed by atoms with E-state index in [1.54, 1.807) is 0 Å². The standard InChI is InChI=1S/C15H24ClN5O2/c1-10(2)19-14(17)20-15(18)21-23-8-4-7-22-13-6-5-11(3)9-12(13)16/h5-6,9-10H,4,7-8H2,1-3H3,(H5,17,18,19,20,21). The van der Waals surface area contributed by atoms with Crippen molar-refractivity contribution >= 4 is 23.5 Å². The molecule has 23 heavy (non-hydrogen) atoms. The molecule has 7 nitrogen and oxygen atoms in total. The fourth-order valence-electron chi connectivity index (χ4n) is 1.63. The first kappa shape index (κ1) is 19.1. The van der Waals surface area contributed by atoms with Crippen LogP contribution in [0, 0.1) is 17.7 Å². The van der Waals surface area contributed by atoms with Crippen molar-refractivity contribution in [2.45, 2.75) is 33.2 Å². The van der Waals surface area contributed by atoms with Crippen molar-refractivity contribution in [3.05, 3.63) is 28.8 Å². The van der Waals surface area contributed by atoms with Crippen LogP contribution in [0.3, 0.4) is 0 Å². The van der Waals surface area contributed by atoms with Crippen LogP contribution in [-0.4, -0.2) is 31.2 Å². The Hall–Kier alpha value is -1.99. The molecule has 128 valence electrons. The van der Waals surface area contributed by atoms with Gasteiger partial charge in [0.25, 0.3) is 0 Å². The Labute approximate surface area is 141 Å². The number of rotatable bonds is 7. The van der Waals surface area contributed by atoms with Crippen molar-refractivity contribution in [1.29, 1.82) is 10.8 Å². The average Bonchev–Trinajstić information content (AvgIpc) is 2.43. The molecule has 0 aromatic heterocycles. The Morgan fingerprint density at radius 1 is 1.22 bits per heavy atom. The summed E-state index contributed by atoms with van der Waals surface area (Å²) in [7, 11) is 0. The van der Waals surface area contributed by atoms with Crippen molar-refractivity contribution < 1.29 is 9.57 Å². The molecule has 8 heteroatoms. The molecule has 5 N–H and O–H groups in total. The summed E-state index contributed by atoms with van der Waals surface area (Å²) in [5.41, 5.74) is 3.50. The molecule has 0 aliphatic heterocycles. The molecule has 0 aliphatic rings. The number of aryl methyl sites for hydroxylation is 1. The zero-order valence-corrected chi connectivity index (χ0v) is 14.4. The summed E-state index contributed by atoms with van der Waals surface area (Å²) >= 11 is 6.06. The molecule has 1 aromatic carbocycles. The quantitative estimate of drug-likeness (QED) is 0.227. The lowest BCUT2D eigenvalue weighted by Gasteiger charge is -2.14. The van der Waals surface area contributed by atoms with E-state index in [2.05, 4.69) is 16.1 Å². The van der Waals surface area contributed by atoms with Crippen LogP contribution in [-0.2, 0) is 4.84 Å². The van der Waals surface area contributed by atoms with E-state index in [1.165, 1.54) is 0 Å². The van der Waals surface area contributed by atoms with Crippen molar-refractivity contribution in [2.75, 3.05) is 13.2 Å². The van der Waals surface area contributed by atoms with Crippen LogP contribution in [0.5, 0.6) is 5.75 Å².